The summed E-state index contributed by atoms with van der Waals surface area (Å²) >= 11 is 0. The molecule has 94 valence electrons. The Hall–Kier alpha value is -1.16. The molecule has 1 N–H and O–H groups in total. The molecule has 1 aromatic heterocycles. The lowest BCUT2D eigenvalue weighted by atomic mass is 10.1. The smallest absolute Gasteiger partial charge is 0.133 e. The van der Waals surface area contributed by atoms with Crippen LogP contribution in [0.4, 0.5) is 5.82 Å². The minimum atomic E-state index is 0.280. The van der Waals surface area contributed by atoms with Crippen LogP contribution < -0.4 is 5.32 Å². The van der Waals surface area contributed by atoms with Crippen LogP contribution in [0.15, 0.2) is 6.33 Å². The van der Waals surface area contributed by atoms with Gasteiger partial charge in [-0.3, -0.25) is 0 Å². The maximum Gasteiger partial charge on any atom is 0.133 e. The molecule has 0 spiro atoms. The van der Waals surface area contributed by atoms with Gasteiger partial charge >= 0.3 is 0 Å². The Bertz CT molecular complexity index is 368. The lowest BCUT2D eigenvalue weighted by Gasteiger charge is -2.17. The molecule has 4 nitrogen and oxygen atoms in total. The van der Waals surface area contributed by atoms with Crippen molar-refractivity contribution in [2.75, 3.05) is 19.0 Å². The van der Waals surface area contributed by atoms with E-state index >= 15 is 0 Å². The summed E-state index contributed by atoms with van der Waals surface area (Å²) < 4.78 is 5.14. The lowest BCUT2D eigenvalue weighted by molar-refractivity contribution is 0.190. The monoisotopic (exact) mass is 235 g/mol. The Morgan fingerprint density at radius 2 is 2.12 bits per heavy atom. The fourth-order valence-corrected chi connectivity index (χ4v) is 2.35. The molecule has 2 rings (SSSR count). The van der Waals surface area contributed by atoms with E-state index in [0.717, 1.165) is 18.7 Å². The van der Waals surface area contributed by atoms with Crippen LogP contribution in [0, 0.1) is 0 Å². The maximum atomic E-state index is 5.14. The molecule has 1 aromatic rings. The maximum absolute atomic E-state index is 5.14. The van der Waals surface area contributed by atoms with Gasteiger partial charge in [0.15, 0.2) is 0 Å². The molecule has 0 bridgehead atoms. The van der Waals surface area contributed by atoms with Crippen LogP contribution in [0.3, 0.4) is 0 Å². The number of nitrogens with one attached hydrogen (secondary N) is 1. The Labute approximate surface area is 103 Å². The summed E-state index contributed by atoms with van der Waals surface area (Å²) in [5.74, 6) is 1.00. The number of hydrogen-bond donors (Lipinski definition) is 1. The average molecular weight is 235 g/mol. The molecule has 0 amide bonds. The molecule has 4 heteroatoms. The largest absolute Gasteiger partial charge is 0.383 e. The van der Waals surface area contributed by atoms with Gasteiger partial charge in [0.1, 0.15) is 12.1 Å². The molecule has 1 unspecified atom stereocenters. The number of fused-ring (bicyclic) bond motifs is 1. The number of methoxy groups -OCH3 is 1. The van der Waals surface area contributed by atoms with Gasteiger partial charge in [0.2, 0.25) is 0 Å². The summed E-state index contributed by atoms with van der Waals surface area (Å²) in [5.41, 5.74) is 2.54. The van der Waals surface area contributed by atoms with Crippen molar-refractivity contribution < 1.29 is 4.74 Å². The average Bonchev–Trinajstić information content (AvgIpc) is 2.55. The van der Waals surface area contributed by atoms with Crippen LogP contribution in [-0.4, -0.2) is 29.7 Å². The van der Waals surface area contributed by atoms with Gasteiger partial charge in [0.05, 0.1) is 6.61 Å². The number of aromatic nitrogens is 2. The third-order valence-electron chi connectivity index (χ3n) is 3.17. The number of anilines is 1. The zero-order chi connectivity index (χ0) is 12.1. The quantitative estimate of drug-likeness (QED) is 0.813. The Morgan fingerprint density at radius 1 is 1.29 bits per heavy atom. The first-order valence-corrected chi connectivity index (χ1v) is 6.39. The van der Waals surface area contributed by atoms with Gasteiger partial charge in [-0.2, -0.15) is 0 Å². The van der Waals surface area contributed by atoms with Gasteiger partial charge in [0, 0.05) is 24.4 Å². The topological polar surface area (TPSA) is 47.0 Å². The van der Waals surface area contributed by atoms with Crippen LogP contribution >= 0.6 is 0 Å². The van der Waals surface area contributed by atoms with Crippen molar-refractivity contribution in [1.82, 2.24) is 9.97 Å². The molecule has 0 saturated carbocycles. The standard InChI is InChI=1S/C13H21N3O/c1-10(8-17-2)16-13-11-6-4-3-5-7-12(11)14-9-15-13/h9-10H,3-8H2,1-2H3,(H,14,15,16). The zero-order valence-electron chi connectivity index (χ0n) is 10.7. The van der Waals surface area contributed by atoms with E-state index in [-0.39, 0.29) is 6.04 Å². The highest BCUT2D eigenvalue weighted by Crippen LogP contribution is 2.24. The van der Waals surface area contributed by atoms with Crippen LogP contribution in [0.5, 0.6) is 0 Å². The third kappa shape index (κ3) is 3.16. The van der Waals surface area contributed by atoms with E-state index in [9.17, 15) is 0 Å². The fourth-order valence-electron chi connectivity index (χ4n) is 2.35. The van der Waals surface area contributed by atoms with E-state index in [1.807, 2.05) is 0 Å². The van der Waals surface area contributed by atoms with Crippen molar-refractivity contribution >= 4 is 5.82 Å². The molecule has 17 heavy (non-hydrogen) atoms. The zero-order valence-corrected chi connectivity index (χ0v) is 10.7. The highest BCUT2D eigenvalue weighted by molar-refractivity contribution is 5.47. The molecule has 1 heterocycles. The number of rotatable bonds is 4. The molecular weight excluding hydrogens is 214 g/mol. The van der Waals surface area contributed by atoms with Crippen LogP contribution in [0.2, 0.25) is 0 Å². The summed E-state index contributed by atoms with van der Waals surface area (Å²) in [6, 6.07) is 0.280. The highest BCUT2D eigenvalue weighted by atomic mass is 16.5. The van der Waals surface area contributed by atoms with E-state index in [4.69, 9.17) is 4.74 Å². The summed E-state index contributed by atoms with van der Waals surface area (Å²) in [7, 11) is 1.72. The first kappa shape index (κ1) is 12.3. The van der Waals surface area contributed by atoms with Gasteiger partial charge in [0.25, 0.3) is 0 Å². The van der Waals surface area contributed by atoms with Crippen molar-refractivity contribution in [3.05, 3.63) is 17.6 Å². The predicted octanol–water partition coefficient (Wildman–Crippen LogP) is 2.19. The van der Waals surface area contributed by atoms with E-state index in [0.29, 0.717) is 6.61 Å². The SMILES string of the molecule is COCC(C)Nc1ncnc2c1CCCCC2. The van der Waals surface area contributed by atoms with E-state index < -0.39 is 0 Å². The molecule has 1 aliphatic carbocycles. The Kier molecular flexibility index (Phi) is 4.31. The molecule has 1 atom stereocenters. The third-order valence-corrected chi connectivity index (χ3v) is 3.17. The van der Waals surface area contributed by atoms with Crippen LogP contribution in [0.25, 0.3) is 0 Å². The molecular formula is C13H21N3O. The van der Waals surface area contributed by atoms with Crippen molar-refractivity contribution in [3.63, 3.8) is 0 Å². The predicted molar refractivity (Wildman–Crippen MR) is 68.3 cm³/mol. The Balaban J connectivity index is 2.16. The lowest BCUT2D eigenvalue weighted by Crippen LogP contribution is -2.22. The van der Waals surface area contributed by atoms with Gasteiger partial charge in [-0.1, -0.05) is 6.42 Å². The first-order chi connectivity index (χ1) is 8.31. The van der Waals surface area contributed by atoms with Crippen LogP contribution in [-0.2, 0) is 17.6 Å². The second-order valence-electron chi connectivity index (χ2n) is 4.71. The fraction of sp³-hybridized carbons (Fsp3) is 0.692. The van der Waals surface area contributed by atoms with Crippen molar-refractivity contribution in [3.8, 4) is 0 Å². The molecule has 0 saturated heterocycles. The molecule has 1 aliphatic rings. The molecule has 0 radical (unpaired) electrons. The molecule has 0 fully saturated rings. The minimum absolute atomic E-state index is 0.280. The van der Waals surface area contributed by atoms with Crippen molar-refractivity contribution in [2.24, 2.45) is 0 Å². The Morgan fingerprint density at radius 3 is 2.94 bits per heavy atom. The summed E-state index contributed by atoms with van der Waals surface area (Å²) in [4.78, 5) is 8.79. The van der Waals surface area contributed by atoms with Gasteiger partial charge < -0.3 is 10.1 Å². The molecule has 0 aliphatic heterocycles. The number of ether oxygens (including phenoxy) is 1. The number of nitrogens with zero attached hydrogens (tertiary/aromatic N) is 2. The number of hydrogen-bond acceptors (Lipinski definition) is 4. The highest BCUT2D eigenvalue weighted by Gasteiger charge is 2.15. The van der Waals surface area contributed by atoms with Crippen molar-refractivity contribution in [2.45, 2.75) is 45.1 Å². The van der Waals surface area contributed by atoms with Crippen molar-refractivity contribution in [1.29, 1.82) is 0 Å². The minimum Gasteiger partial charge on any atom is -0.383 e. The number of aryl methyl sites for hydroxylation is 1. The van der Waals surface area contributed by atoms with Gasteiger partial charge in [-0.25, -0.2) is 9.97 Å². The van der Waals surface area contributed by atoms with E-state index in [1.54, 1.807) is 13.4 Å². The van der Waals surface area contributed by atoms with Gasteiger partial charge in [-0.05, 0) is 32.6 Å². The second-order valence-corrected chi connectivity index (χ2v) is 4.71. The van der Waals surface area contributed by atoms with E-state index in [1.165, 1.54) is 30.5 Å². The van der Waals surface area contributed by atoms with Crippen LogP contribution in [0.1, 0.15) is 37.4 Å². The summed E-state index contributed by atoms with van der Waals surface area (Å²) in [5, 5.41) is 3.42. The van der Waals surface area contributed by atoms with Gasteiger partial charge in [-0.15, -0.1) is 0 Å². The normalized spacial score (nSPS) is 17.1. The second kappa shape index (κ2) is 5.96. The summed E-state index contributed by atoms with van der Waals surface area (Å²) in [6.07, 6.45) is 7.64. The summed E-state index contributed by atoms with van der Waals surface area (Å²) in [6.45, 7) is 2.80. The first-order valence-electron chi connectivity index (χ1n) is 6.39. The molecule has 0 aromatic carbocycles. The van der Waals surface area contributed by atoms with E-state index in [2.05, 4.69) is 22.2 Å².